The second kappa shape index (κ2) is 9.32. The first-order valence-corrected chi connectivity index (χ1v) is 10.5. The normalized spacial score (nSPS) is 11.7. The Morgan fingerprint density at radius 1 is 0.897 bits per heavy atom. The minimum absolute atomic E-state index is 0.112. The van der Waals surface area contributed by atoms with E-state index in [2.05, 4.69) is 9.46 Å². The van der Waals surface area contributed by atoms with Crippen molar-refractivity contribution in [2.75, 3.05) is 7.11 Å². The summed E-state index contributed by atoms with van der Waals surface area (Å²) < 4.78 is 33.6. The van der Waals surface area contributed by atoms with Crippen LogP contribution in [0.1, 0.15) is 22.7 Å². The van der Waals surface area contributed by atoms with Gasteiger partial charge in [0.05, 0.1) is 18.0 Å². The van der Waals surface area contributed by atoms with Crippen molar-refractivity contribution in [3.63, 3.8) is 0 Å². The van der Waals surface area contributed by atoms with Crippen LogP contribution in [0.3, 0.4) is 0 Å². The zero-order valence-electron chi connectivity index (χ0n) is 15.9. The lowest BCUT2D eigenvalue weighted by Crippen LogP contribution is -2.29. The summed E-state index contributed by atoms with van der Waals surface area (Å²) in [5, 5.41) is 0. The van der Waals surface area contributed by atoms with Crippen molar-refractivity contribution in [3.8, 4) is 0 Å². The van der Waals surface area contributed by atoms with E-state index in [9.17, 15) is 13.2 Å². The lowest BCUT2D eigenvalue weighted by Gasteiger charge is -2.20. The number of esters is 1. The Labute approximate surface area is 170 Å². The van der Waals surface area contributed by atoms with E-state index in [1.165, 1.54) is 31.4 Å². The third-order valence-electron chi connectivity index (χ3n) is 4.32. The lowest BCUT2D eigenvalue weighted by atomic mass is 10.00. The topological polar surface area (TPSA) is 72.5 Å². The molecule has 0 aliphatic rings. The third-order valence-corrected chi connectivity index (χ3v) is 5.74. The van der Waals surface area contributed by atoms with Crippen molar-refractivity contribution in [2.45, 2.75) is 10.9 Å². The van der Waals surface area contributed by atoms with Gasteiger partial charge in [-0.25, -0.2) is 13.2 Å². The third kappa shape index (κ3) is 5.40. The second-order valence-electron chi connectivity index (χ2n) is 6.30. The highest BCUT2D eigenvalue weighted by atomic mass is 32.2. The van der Waals surface area contributed by atoms with E-state index in [-0.39, 0.29) is 4.90 Å². The van der Waals surface area contributed by atoms with Gasteiger partial charge < -0.3 is 4.74 Å². The number of benzene rings is 3. The molecule has 29 heavy (non-hydrogen) atoms. The fourth-order valence-corrected chi connectivity index (χ4v) is 4.13. The molecule has 3 aromatic rings. The van der Waals surface area contributed by atoms with Crippen LogP contribution in [-0.4, -0.2) is 21.5 Å². The van der Waals surface area contributed by atoms with Crippen molar-refractivity contribution in [1.29, 1.82) is 0 Å². The quantitative estimate of drug-likeness (QED) is 0.476. The molecule has 0 bridgehead atoms. The van der Waals surface area contributed by atoms with E-state index in [4.69, 9.17) is 0 Å². The molecule has 3 aromatic carbocycles. The zero-order valence-corrected chi connectivity index (χ0v) is 16.7. The van der Waals surface area contributed by atoms with Gasteiger partial charge in [-0.1, -0.05) is 72.8 Å². The number of ether oxygens (including phenoxy) is 1. The molecule has 3 rings (SSSR count). The van der Waals surface area contributed by atoms with E-state index in [0.29, 0.717) is 5.56 Å². The number of hydrogen-bond acceptors (Lipinski definition) is 4. The molecule has 0 aromatic heterocycles. The maximum absolute atomic E-state index is 13.1. The number of rotatable bonds is 7. The fourth-order valence-electron chi connectivity index (χ4n) is 2.86. The molecule has 0 atom stereocenters. The van der Waals surface area contributed by atoms with Crippen LogP contribution in [0.15, 0.2) is 95.9 Å². The van der Waals surface area contributed by atoms with Crippen molar-refractivity contribution < 1.29 is 17.9 Å². The van der Waals surface area contributed by atoms with Gasteiger partial charge in [0.15, 0.2) is 0 Å². The molecule has 0 heterocycles. The van der Waals surface area contributed by atoms with Gasteiger partial charge in [-0.05, 0) is 34.9 Å². The maximum atomic E-state index is 13.1. The van der Waals surface area contributed by atoms with Gasteiger partial charge in [-0.3, -0.25) is 0 Å². The summed E-state index contributed by atoms with van der Waals surface area (Å²) in [4.78, 5) is 11.4. The van der Waals surface area contributed by atoms with Crippen LogP contribution in [0.2, 0.25) is 0 Å². The summed E-state index contributed by atoms with van der Waals surface area (Å²) in [5.41, 5.74) is 2.25. The summed E-state index contributed by atoms with van der Waals surface area (Å²) in [6.45, 7) is 0. The maximum Gasteiger partial charge on any atom is 0.330 e. The van der Waals surface area contributed by atoms with Gasteiger partial charge in [-0.2, -0.15) is 4.72 Å². The molecule has 5 nitrogen and oxygen atoms in total. The number of hydrogen-bond donors (Lipinski definition) is 1. The Morgan fingerprint density at radius 3 is 2.03 bits per heavy atom. The standard InChI is InChI=1S/C23H21NO4S/c1-28-22(25)16-15-18-9-8-14-21(17-18)29(26,27)24-23(19-10-4-2-5-11-19)20-12-6-3-7-13-20/h2-17,23-24H,1H3. The molecular weight excluding hydrogens is 386 g/mol. The number of carbonyl (C=O) groups excluding carboxylic acids is 1. The Morgan fingerprint density at radius 2 is 1.48 bits per heavy atom. The van der Waals surface area contributed by atoms with Crippen LogP contribution in [0, 0.1) is 0 Å². The summed E-state index contributed by atoms with van der Waals surface area (Å²) in [6.07, 6.45) is 2.76. The van der Waals surface area contributed by atoms with Crippen LogP contribution < -0.4 is 4.72 Å². The SMILES string of the molecule is COC(=O)C=Cc1cccc(S(=O)(=O)NC(c2ccccc2)c2ccccc2)c1. The predicted octanol–water partition coefficient (Wildman–Crippen LogP) is 3.94. The molecule has 0 spiro atoms. The first-order valence-electron chi connectivity index (χ1n) is 8.98. The number of nitrogens with one attached hydrogen (secondary N) is 1. The fraction of sp³-hybridized carbons (Fsp3) is 0.0870. The number of methoxy groups -OCH3 is 1. The molecule has 6 heteroatoms. The van der Waals surface area contributed by atoms with Gasteiger partial charge in [0.2, 0.25) is 10.0 Å². The van der Waals surface area contributed by atoms with Crippen LogP contribution >= 0.6 is 0 Å². The summed E-state index contributed by atoms with van der Waals surface area (Å²) >= 11 is 0. The summed E-state index contributed by atoms with van der Waals surface area (Å²) in [7, 11) is -2.54. The molecule has 0 aliphatic carbocycles. The minimum atomic E-state index is -3.82. The smallest absolute Gasteiger partial charge is 0.330 e. The highest BCUT2D eigenvalue weighted by Gasteiger charge is 2.22. The average molecular weight is 407 g/mol. The molecule has 148 valence electrons. The van der Waals surface area contributed by atoms with Crippen molar-refractivity contribution in [2.24, 2.45) is 0 Å². The van der Waals surface area contributed by atoms with Crippen LogP contribution in [0.25, 0.3) is 6.08 Å². The largest absolute Gasteiger partial charge is 0.466 e. The molecule has 0 radical (unpaired) electrons. The first kappa shape index (κ1) is 20.5. The monoisotopic (exact) mass is 407 g/mol. The van der Waals surface area contributed by atoms with E-state index in [0.717, 1.165) is 11.1 Å². The minimum Gasteiger partial charge on any atom is -0.466 e. The Balaban J connectivity index is 1.94. The molecular formula is C23H21NO4S. The first-order chi connectivity index (χ1) is 14.0. The predicted molar refractivity (Wildman–Crippen MR) is 113 cm³/mol. The molecule has 0 saturated heterocycles. The molecule has 0 fully saturated rings. The van der Waals surface area contributed by atoms with Crippen LogP contribution in [0.5, 0.6) is 0 Å². The molecule has 0 unspecified atom stereocenters. The van der Waals surface area contributed by atoms with E-state index in [1.54, 1.807) is 12.1 Å². The Hall–Kier alpha value is -3.22. The Kier molecular flexibility index (Phi) is 6.59. The molecule has 1 N–H and O–H groups in total. The van der Waals surface area contributed by atoms with E-state index >= 15 is 0 Å². The van der Waals surface area contributed by atoms with E-state index in [1.807, 2.05) is 60.7 Å². The van der Waals surface area contributed by atoms with Crippen LogP contribution in [0.4, 0.5) is 0 Å². The summed E-state index contributed by atoms with van der Waals surface area (Å²) in [5.74, 6) is -0.510. The van der Waals surface area contributed by atoms with Gasteiger partial charge in [-0.15, -0.1) is 0 Å². The van der Waals surface area contributed by atoms with Gasteiger partial charge in [0.25, 0.3) is 0 Å². The van der Waals surface area contributed by atoms with Gasteiger partial charge in [0.1, 0.15) is 0 Å². The van der Waals surface area contributed by atoms with Crippen molar-refractivity contribution in [1.82, 2.24) is 4.72 Å². The van der Waals surface area contributed by atoms with E-state index < -0.39 is 22.0 Å². The van der Waals surface area contributed by atoms with Gasteiger partial charge >= 0.3 is 5.97 Å². The summed E-state index contributed by atoms with van der Waals surface area (Å²) in [6, 6.07) is 24.6. The lowest BCUT2D eigenvalue weighted by molar-refractivity contribution is -0.134. The molecule has 0 aliphatic heterocycles. The second-order valence-corrected chi connectivity index (χ2v) is 8.02. The van der Waals surface area contributed by atoms with Crippen LogP contribution in [-0.2, 0) is 19.6 Å². The molecule has 0 amide bonds. The number of carbonyl (C=O) groups is 1. The zero-order chi connectivity index (χ0) is 20.7. The van der Waals surface area contributed by atoms with Crippen molar-refractivity contribution >= 4 is 22.1 Å². The Bertz CT molecular complexity index is 1050. The number of sulfonamides is 1. The van der Waals surface area contributed by atoms with Crippen molar-refractivity contribution in [3.05, 3.63) is 108 Å². The highest BCUT2D eigenvalue weighted by Crippen LogP contribution is 2.25. The molecule has 0 saturated carbocycles. The van der Waals surface area contributed by atoms with Gasteiger partial charge in [0, 0.05) is 6.08 Å². The highest BCUT2D eigenvalue weighted by molar-refractivity contribution is 7.89. The average Bonchev–Trinajstić information content (AvgIpc) is 2.77.